The molecule has 2 heteroatoms. The Morgan fingerprint density at radius 1 is 1.57 bits per heavy atom. The SMILES string of the molecule is CC(C)CC[B]O. The Labute approximate surface area is 46.0 Å². The molecule has 0 heterocycles. The summed E-state index contributed by atoms with van der Waals surface area (Å²) in [7, 11) is 1.22. The van der Waals surface area contributed by atoms with Gasteiger partial charge in [0.05, 0.1) is 0 Å². The van der Waals surface area contributed by atoms with Crippen LogP contribution in [0.5, 0.6) is 0 Å². The minimum atomic E-state index is 0.711. The predicted octanol–water partition coefficient (Wildman–Crippen LogP) is 1.06. The molecule has 0 aromatic heterocycles. The van der Waals surface area contributed by atoms with Crippen LogP contribution in [0.2, 0.25) is 6.32 Å². The summed E-state index contributed by atoms with van der Waals surface area (Å²) in [6.07, 6.45) is 1.92. The molecule has 1 N–H and O–H groups in total. The molecule has 0 unspecified atom stereocenters. The molecule has 7 heavy (non-hydrogen) atoms. The first-order valence-electron chi connectivity index (χ1n) is 2.73. The van der Waals surface area contributed by atoms with E-state index in [1.807, 2.05) is 0 Å². The molecule has 0 aliphatic carbocycles. The third-order valence-corrected chi connectivity index (χ3v) is 0.873. The Morgan fingerprint density at radius 3 is 2.29 bits per heavy atom. The second-order valence-corrected chi connectivity index (χ2v) is 2.15. The van der Waals surface area contributed by atoms with E-state index in [0.717, 1.165) is 12.7 Å². The van der Waals surface area contributed by atoms with Gasteiger partial charge in [-0.2, -0.15) is 0 Å². The topological polar surface area (TPSA) is 20.2 Å². The molecule has 0 atom stereocenters. The third-order valence-electron chi connectivity index (χ3n) is 0.873. The average Bonchev–Trinajstić information content (AvgIpc) is 1.61. The summed E-state index contributed by atoms with van der Waals surface area (Å²) in [5.41, 5.74) is 0. The van der Waals surface area contributed by atoms with Crippen LogP contribution < -0.4 is 0 Å². The summed E-state index contributed by atoms with van der Waals surface area (Å²) in [5.74, 6) is 0.711. The summed E-state index contributed by atoms with van der Waals surface area (Å²) in [5, 5.41) is 8.19. The maximum Gasteiger partial charge on any atom is 0.287 e. The Morgan fingerprint density at radius 2 is 2.14 bits per heavy atom. The van der Waals surface area contributed by atoms with Crippen LogP contribution >= 0.6 is 0 Å². The molecule has 0 amide bonds. The van der Waals surface area contributed by atoms with Crippen LogP contribution in [0.1, 0.15) is 20.3 Å². The molecule has 0 aliphatic rings. The van der Waals surface area contributed by atoms with Gasteiger partial charge in [-0.15, -0.1) is 0 Å². The highest BCUT2D eigenvalue weighted by atomic mass is 16.2. The number of hydrogen-bond acceptors (Lipinski definition) is 1. The molecular weight excluding hydrogens is 86.9 g/mol. The largest absolute Gasteiger partial charge is 0.454 e. The minimum absolute atomic E-state index is 0.711. The summed E-state index contributed by atoms with van der Waals surface area (Å²) in [4.78, 5) is 0. The fraction of sp³-hybridized carbons (Fsp3) is 1.00. The normalized spacial score (nSPS) is 9.71. The fourth-order valence-corrected chi connectivity index (χ4v) is 0.408. The van der Waals surface area contributed by atoms with E-state index >= 15 is 0 Å². The summed E-state index contributed by atoms with van der Waals surface area (Å²) >= 11 is 0. The van der Waals surface area contributed by atoms with Crippen molar-refractivity contribution in [3.63, 3.8) is 0 Å². The molecule has 0 fully saturated rings. The third kappa shape index (κ3) is 6.02. The van der Waals surface area contributed by atoms with Crippen molar-refractivity contribution in [1.82, 2.24) is 0 Å². The van der Waals surface area contributed by atoms with E-state index in [-0.39, 0.29) is 0 Å². The van der Waals surface area contributed by atoms with Crippen molar-refractivity contribution in [1.29, 1.82) is 0 Å². The maximum absolute atomic E-state index is 8.19. The first-order valence-corrected chi connectivity index (χ1v) is 2.73. The maximum atomic E-state index is 8.19. The Hall–Kier alpha value is 0.0249. The van der Waals surface area contributed by atoms with Gasteiger partial charge in [0.25, 0.3) is 7.48 Å². The van der Waals surface area contributed by atoms with Crippen LogP contribution in [0.3, 0.4) is 0 Å². The Kier molecular flexibility index (Phi) is 4.21. The minimum Gasteiger partial charge on any atom is -0.454 e. The zero-order valence-electron chi connectivity index (χ0n) is 5.02. The molecule has 41 valence electrons. The molecule has 0 bridgehead atoms. The quantitative estimate of drug-likeness (QED) is 0.524. The van der Waals surface area contributed by atoms with Crippen LogP contribution in [0.25, 0.3) is 0 Å². The summed E-state index contributed by atoms with van der Waals surface area (Å²) in [6.45, 7) is 4.28. The van der Waals surface area contributed by atoms with Crippen LogP contribution in [0.4, 0.5) is 0 Å². The van der Waals surface area contributed by atoms with Gasteiger partial charge in [0.2, 0.25) is 0 Å². The van der Waals surface area contributed by atoms with E-state index in [4.69, 9.17) is 5.02 Å². The lowest BCUT2D eigenvalue weighted by atomic mass is 9.89. The van der Waals surface area contributed by atoms with Gasteiger partial charge in [0, 0.05) is 0 Å². The van der Waals surface area contributed by atoms with Gasteiger partial charge < -0.3 is 5.02 Å². The zero-order chi connectivity index (χ0) is 5.70. The van der Waals surface area contributed by atoms with Crippen LogP contribution in [-0.2, 0) is 0 Å². The van der Waals surface area contributed by atoms with Crippen molar-refractivity contribution in [3.8, 4) is 0 Å². The van der Waals surface area contributed by atoms with E-state index < -0.39 is 0 Å². The molecule has 1 nitrogen and oxygen atoms in total. The van der Waals surface area contributed by atoms with Gasteiger partial charge in [0.15, 0.2) is 0 Å². The molecule has 1 radical (unpaired) electrons. The van der Waals surface area contributed by atoms with Crippen LogP contribution in [0, 0.1) is 5.92 Å². The molecule has 0 rings (SSSR count). The Bertz CT molecular complexity index is 37.1. The highest BCUT2D eigenvalue weighted by molar-refractivity contribution is 6.25. The van der Waals surface area contributed by atoms with Gasteiger partial charge >= 0.3 is 0 Å². The van der Waals surface area contributed by atoms with Gasteiger partial charge in [-0.05, 0) is 5.92 Å². The molecule has 0 aliphatic heterocycles. The van der Waals surface area contributed by atoms with Gasteiger partial charge in [-0.3, -0.25) is 0 Å². The van der Waals surface area contributed by atoms with Gasteiger partial charge in [0.1, 0.15) is 0 Å². The van der Waals surface area contributed by atoms with Crippen molar-refractivity contribution in [2.24, 2.45) is 5.92 Å². The van der Waals surface area contributed by atoms with E-state index in [1.54, 1.807) is 0 Å². The van der Waals surface area contributed by atoms with E-state index in [1.165, 1.54) is 7.48 Å². The van der Waals surface area contributed by atoms with E-state index in [2.05, 4.69) is 13.8 Å². The molecule has 0 saturated carbocycles. The number of rotatable bonds is 3. The lowest BCUT2D eigenvalue weighted by Gasteiger charge is -1.97. The lowest BCUT2D eigenvalue weighted by molar-refractivity contribution is 0.567. The summed E-state index contributed by atoms with van der Waals surface area (Å²) < 4.78 is 0. The van der Waals surface area contributed by atoms with Crippen LogP contribution in [0.15, 0.2) is 0 Å². The van der Waals surface area contributed by atoms with E-state index in [0.29, 0.717) is 5.92 Å². The summed E-state index contributed by atoms with van der Waals surface area (Å²) in [6, 6.07) is 0. The first-order chi connectivity index (χ1) is 3.27. The van der Waals surface area contributed by atoms with Crippen LogP contribution in [-0.4, -0.2) is 12.5 Å². The molecule has 0 aromatic carbocycles. The second kappa shape index (κ2) is 4.19. The standard InChI is InChI=1S/C5H12BO/c1-5(2)3-4-6-7/h5,7H,3-4H2,1-2H3. The number of hydrogen-bond donors (Lipinski definition) is 1. The average molecular weight is 99.0 g/mol. The van der Waals surface area contributed by atoms with Crippen molar-refractivity contribution < 1.29 is 5.02 Å². The van der Waals surface area contributed by atoms with Gasteiger partial charge in [-0.25, -0.2) is 0 Å². The monoisotopic (exact) mass is 99.1 g/mol. The molecule has 0 saturated heterocycles. The smallest absolute Gasteiger partial charge is 0.287 e. The molecule has 0 aromatic rings. The zero-order valence-corrected chi connectivity index (χ0v) is 5.02. The molecule has 0 spiro atoms. The van der Waals surface area contributed by atoms with Crippen molar-refractivity contribution in [3.05, 3.63) is 0 Å². The van der Waals surface area contributed by atoms with E-state index in [9.17, 15) is 0 Å². The Balaban J connectivity index is 2.68. The molecular formula is C5H12BO. The first kappa shape index (κ1) is 7.02. The second-order valence-electron chi connectivity index (χ2n) is 2.15. The fourth-order valence-electron chi connectivity index (χ4n) is 0.408. The van der Waals surface area contributed by atoms with Crippen molar-refractivity contribution in [2.45, 2.75) is 26.6 Å². The van der Waals surface area contributed by atoms with Crippen molar-refractivity contribution >= 4 is 7.48 Å². The highest BCUT2D eigenvalue weighted by Crippen LogP contribution is 2.01. The lowest BCUT2D eigenvalue weighted by Crippen LogP contribution is -1.91. The predicted molar refractivity (Wildman–Crippen MR) is 32.2 cm³/mol. The highest BCUT2D eigenvalue weighted by Gasteiger charge is 1.91. The van der Waals surface area contributed by atoms with Crippen molar-refractivity contribution in [2.75, 3.05) is 0 Å². The van der Waals surface area contributed by atoms with Gasteiger partial charge in [-0.1, -0.05) is 26.6 Å².